The SMILES string of the molecule is Cc1cc(N(C)Cc2cccc(Br)c2)ccc1C(=O)O. The normalized spacial score (nSPS) is 10.3. The second-order valence-corrected chi connectivity index (χ2v) is 5.71. The van der Waals surface area contributed by atoms with E-state index in [0.29, 0.717) is 5.56 Å². The molecule has 1 N–H and O–H groups in total. The number of benzene rings is 2. The summed E-state index contributed by atoms with van der Waals surface area (Å²) >= 11 is 3.46. The summed E-state index contributed by atoms with van der Waals surface area (Å²) < 4.78 is 1.06. The highest BCUT2D eigenvalue weighted by molar-refractivity contribution is 9.10. The monoisotopic (exact) mass is 333 g/mol. The van der Waals surface area contributed by atoms with Crippen molar-refractivity contribution >= 4 is 27.6 Å². The summed E-state index contributed by atoms with van der Waals surface area (Å²) in [5.41, 5.74) is 3.33. The molecule has 0 bridgehead atoms. The zero-order valence-electron chi connectivity index (χ0n) is 11.4. The van der Waals surface area contributed by atoms with Crippen LogP contribution < -0.4 is 4.90 Å². The molecule has 0 aliphatic carbocycles. The minimum atomic E-state index is -0.885. The standard InChI is InChI=1S/C16H16BrNO2/c1-11-8-14(6-7-15(11)16(19)20)18(2)10-12-4-3-5-13(17)9-12/h3-9H,10H2,1-2H3,(H,19,20). The Kier molecular flexibility index (Phi) is 4.45. The van der Waals surface area contributed by atoms with Gasteiger partial charge in [-0.15, -0.1) is 0 Å². The number of hydrogen-bond donors (Lipinski definition) is 1. The van der Waals surface area contributed by atoms with Crippen LogP contribution in [-0.2, 0) is 6.54 Å². The molecule has 0 amide bonds. The third kappa shape index (κ3) is 3.39. The number of halogens is 1. The zero-order valence-corrected chi connectivity index (χ0v) is 13.0. The van der Waals surface area contributed by atoms with Crippen LogP contribution >= 0.6 is 15.9 Å². The van der Waals surface area contributed by atoms with Gasteiger partial charge in [-0.1, -0.05) is 28.1 Å². The summed E-state index contributed by atoms with van der Waals surface area (Å²) in [6.07, 6.45) is 0. The summed E-state index contributed by atoms with van der Waals surface area (Å²) in [5, 5.41) is 9.04. The number of rotatable bonds is 4. The molecule has 0 fully saturated rings. The molecule has 0 aliphatic heterocycles. The van der Waals surface area contributed by atoms with Crippen molar-refractivity contribution in [3.8, 4) is 0 Å². The Hall–Kier alpha value is -1.81. The maximum Gasteiger partial charge on any atom is 0.335 e. The van der Waals surface area contributed by atoms with Crippen molar-refractivity contribution in [3.05, 3.63) is 63.6 Å². The van der Waals surface area contributed by atoms with Crippen LogP contribution in [0.3, 0.4) is 0 Å². The van der Waals surface area contributed by atoms with Gasteiger partial charge in [0.2, 0.25) is 0 Å². The number of carboxylic acids is 1. The number of aryl methyl sites for hydroxylation is 1. The topological polar surface area (TPSA) is 40.5 Å². The quantitative estimate of drug-likeness (QED) is 0.915. The molecular formula is C16H16BrNO2. The summed E-state index contributed by atoms with van der Waals surface area (Å²) in [7, 11) is 2.00. The van der Waals surface area contributed by atoms with E-state index in [-0.39, 0.29) is 0 Å². The Bertz CT molecular complexity index is 640. The van der Waals surface area contributed by atoms with Crippen LogP contribution in [0.1, 0.15) is 21.5 Å². The van der Waals surface area contributed by atoms with E-state index in [1.54, 1.807) is 6.07 Å². The van der Waals surface area contributed by atoms with E-state index in [1.807, 2.05) is 38.2 Å². The molecule has 3 nitrogen and oxygen atoms in total. The maximum absolute atomic E-state index is 11.0. The fourth-order valence-corrected chi connectivity index (χ4v) is 2.57. The molecular weight excluding hydrogens is 318 g/mol. The first-order chi connectivity index (χ1) is 9.47. The average molecular weight is 334 g/mol. The van der Waals surface area contributed by atoms with Crippen molar-refractivity contribution in [2.24, 2.45) is 0 Å². The first-order valence-corrected chi connectivity index (χ1v) is 7.06. The molecule has 0 unspecified atom stereocenters. The summed E-state index contributed by atoms with van der Waals surface area (Å²) in [6, 6.07) is 13.6. The van der Waals surface area contributed by atoms with Crippen LogP contribution in [0.5, 0.6) is 0 Å². The average Bonchev–Trinajstić information content (AvgIpc) is 2.38. The predicted molar refractivity (Wildman–Crippen MR) is 84.4 cm³/mol. The molecule has 20 heavy (non-hydrogen) atoms. The smallest absolute Gasteiger partial charge is 0.335 e. The zero-order chi connectivity index (χ0) is 14.7. The predicted octanol–water partition coefficient (Wildman–Crippen LogP) is 4.09. The van der Waals surface area contributed by atoms with Crippen LogP contribution in [0.25, 0.3) is 0 Å². The van der Waals surface area contributed by atoms with Gasteiger partial charge in [-0.05, 0) is 48.4 Å². The van der Waals surface area contributed by atoms with E-state index in [0.717, 1.165) is 22.3 Å². The molecule has 0 aliphatic rings. The van der Waals surface area contributed by atoms with Crippen molar-refractivity contribution in [1.82, 2.24) is 0 Å². The molecule has 0 radical (unpaired) electrons. The number of anilines is 1. The lowest BCUT2D eigenvalue weighted by atomic mass is 10.1. The molecule has 0 aromatic heterocycles. The largest absolute Gasteiger partial charge is 0.478 e. The second-order valence-electron chi connectivity index (χ2n) is 4.79. The van der Waals surface area contributed by atoms with Gasteiger partial charge >= 0.3 is 5.97 Å². The molecule has 2 aromatic rings. The molecule has 0 heterocycles. The number of carboxylic acid groups (broad SMARTS) is 1. The number of aromatic carboxylic acids is 1. The van der Waals surface area contributed by atoms with Gasteiger partial charge < -0.3 is 10.0 Å². The summed E-state index contributed by atoms with van der Waals surface area (Å²) in [6.45, 7) is 2.59. The third-order valence-corrected chi connectivity index (χ3v) is 3.68. The van der Waals surface area contributed by atoms with Gasteiger partial charge in [0.05, 0.1) is 5.56 Å². The first kappa shape index (κ1) is 14.6. The van der Waals surface area contributed by atoms with Crippen LogP contribution in [0.15, 0.2) is 46.9 Å². The molecule has 104 valence electrons. The Morgan fingerprint density at radius 2 is 2.00 bits per heavy atom. The van der Waals surface area contributed by atoms with Gasteiger partial charge in [0, 0.05) is 23.8 Å². The third-order valence-electron chi connectivity index (χ3n) is 3.19. The van der Waals surface area contributed by atoms with E-state index in [1.165, 1.54) is 5.56 Å². The number of nitrogens with zero attached hydrogens (tertiary/aromatic N) is 1. The molecule has 0 saturated heterocycles. The van der Waals surface area contributed by atoms with Crippen molar-refractivity contribution in [1.29, 1.82) is 0 Å². The summed E-state index contributed by atoms with van der Waals surface area (Å²) in [5.74, 6) is -0.885. The highest BCUT2D eigenvalue weighted by atomic mass is 79.9. The highest BCUT2D eigenvalue weighted by Gasteiger charge is 2.09. The molecule has 0 atom stereocenters. The summed E-state index contributed by atoms with van der Waals surface area (Å²) in [4.78, 5) is 13.1. The molecule has 0 saturated carbocycles. The second kappa shape index (κ2) is 6.09. The van der Waals surface area contributed by atoms with E-state index in [2.05, 4.69) is 33.0 Å². The van der Waals surface area contributed by atoms with Gasteiger partial charge in [0.25, 0.3) is 0 Å². The fraction of sp³-hybridized carbons (Fsp3) is 0.188. The van der Waals surface area contributed by atoms with Crippen LogP contribution in [-0.4, -0.2) is 18.1 Å². The van der Waals surface area contributed by atoms with E-state index in [4.69, 9.17) is 5.11 Å². The van der Waals surface area contributed by atoms with E-state index in [9.17, 15) is 4.79 Å². The Morgan fingerprint density at radius 1 is 1.25 bits per heavy atom. The molecule has 2 aromatic carbocycles. The Balaban J connectivity index is 2.19. The molecule has 0 spiro atoms. The van der Waals surface area contributed by atoms with Gasteiger partial charge in [-0.2, -0.15) is 0 Å². The lowest BCUT2D eigenvalue weighted by Crippen LogP contribution is -2.16. The fourth-order valence-electron chi connectivity index (χ4n) is 2.13. The van der Waals surface area contributed by atoms with Crippen LogP contribution in [0.2, 0.25) is 0 Å². The lowest BCUT2D eigenvalue weighted by molar-refractivity contribution is 0.0696. The molecule has 4 heteroatoms. The van der Waals surface area contributed by atoms with Crippen LogP contribution in [0.4, 0.5) is 5.69 Å². The van der Waals surface area contributed by atoms with Crippen molar-refractivity contribution < 1.29 is 9.90 Å². The van der Waals surface area contributed by atoms with Crippen molar-refractivity contribution in [2.75, 3.05) is 11.9 Å². The molecule has 2 rings (SSSR count). The lowest BCUT2D eigenvalue weighted by Gasteiger charge is -2.20. The van der Waals surface area contributed by atoms with E-state index < -0.39 is 5.97 Å². The Morgan fingerprint density at radius 3 is 2.60 bits per heavy atom. The van der Waals surface area contributed by atoms with Gasteiger partial charge in [-0.3, -0.25) is 0 Å². The van der Waals surface area contributed by atoms with Gasteiger partial charge in [0.1, 0.15) is 0 Å². The maximum atomic E-state index is 11.0. The van der Waals surface area contributed by atoms with E-state index >= 15 is 0 Å². The first-order valence-electron chi connectivity index (χ1n) is 6.27. The van der Waals surface area contributed by atoms with Gasteiger partial charge in [0.15, 0.2) is 0 Å². The van der Waals surface area contributed by atoms with Gasteiger partial charge in [-0.25, -0.2) is 4.79 Å². The number of carbonyl (C=O) groups is 1. The van der Waals surface area contributed by atoms with Crippen LogP contribution in [0, 0.1) is 6.92 Å². The minimum absolute atomic E-state index is 0.351. The highest BCUT2D eigenvalue weighted by Crippen LogP contribution is 2.21. The number of hydrogen-bond acceptors (Lipinski definition) is 2. The van der Waals surface area contributed by atoms with Crippen molar-refractivity contribution in [3.63, 3.8) is 0 Å². The Labute approximate surface area is 127 Å². The minimum Gasteiger partial charge on any atom is -0.478 e. The van der Waals surface area contributed by atoms with Crippen molar-refractivity contribution in [2.45, 2.75) is 13.5 Å².